The second-order valence-electron chi connectivity index (χ2n) is 8.39. The van der Waals surface area contributed by atoms with Gasteiger partial charge in [-0.15, -0.1) is 11.3 Å². The van der Waals surface area contributed by atoms with Gasteiger partial charge in [-0.3, -0.25) is 9.69 Å². The highest BCUT2D eigenvalue weighted by atomic mass is 32.1. The van der Waals surface area contributed by atoms with Gasteiger partial charge in [-0.1, -0.05) is 30.3 Å². The topological polar surface area (TPSA) is 63.7 Å². The van der Waals surface area contributed by atoms with Gasteiger partial charge in [-0.25, -0.2) is 13.8 Å². The number of fused-ring (bicyclic) bond motifs is 1. The van der Waals surface area contributed by atoms with Crippen LogP contribution in [0.2, 0.25) is 0 Å². The molecule has 9 heteroatoms. The molecule has 0 bridgehead atoms. The lowest BCUT2D eigenvalue weighted by Crippen LogP contribution is -2.24. The summed E-state index contributed by atoms with van der Waals surface area (Å²) in [5.41, 5.74) is 3.13. The van der Waals surface area contributed by atoms with Crippen LogP contribution >= 0.6 is 11.3 Å². The standard InChI is InChI=1S/C27H23F2N3O3S/c28-21-6-1-18(2-7-21)13-32(14-19-3-8-22(29)9-4-19)15-26-31-23(16-36-26)27(33)30-12-20-5-10-24-25(11-20)35-17-34-24/h1-11,16H,12-15,17H2,(H,30,33). The zero-order chi connectivity index (χ0) is 24.9. The molecule has 5 rings (SSSR count). The molecule has 36 heavy (non-hydrogen) atoms. The van der Waals surface area contributed by atoms with Crippen molar-refractivity contribution in [2.75, 3.05) is 6.79 Å². The van der Waals surface area contributed by atoms with E-state index in [0.717, 1.165) is 21.7 Å². The van der Waals surface area contributed by atoms with Crippen LogP contribution in [0.1, 0.15) is 32.2 Å². The van der Waals surface area contributed by atoms with E-state index in [-0.39, 0.29) is 24.3 Å². The number of thiazole rings is 1. The monoisotopic (exact) mass is 507 g/mol. The quantitative estimate of drug-likeness (QED) is 0.334. The van der Waals surface area contributed by atoms with Gasteiger partial charge in [0.1, 0.15) is 22.3 Å². The molecule has 2 heterocycles. The Morgan fingerprint density at radius 2 is 1.47 bits per heavy atom. The van der Waals surface area contributed by atoms with Crippen LogP contribution in [-0.2, 0) is 26.2 Å². The van der Waals surface area contributed by atoms with Crippen LogP contribution < -0.4 is 14.8 Å². The van der Waals surface area contributed by atoms with Crippen molar-refractivity contribution in [1.29, 1.82) is 0 Å². The Balaban J connectivity index is 1.24. The molecular weight excluding hydrogens is 484 g/mol. The number of rotatable bonds is 9. The second-order valence-corrected chi connectivity index (χ2v) is 9.34. The summed E-state index contributed by atoms with van der Waals surface area (Å²) < 4.78 is 37.4. The summed E-state index contributed by atoms with van der Waals surface area (Å²) in [5.74, 6) is 0.513. The first kappa shape index (κ1) is 23.9. The van der Waals surface area contributed by atoms with Gasteiger partial charge >= 0.3 is 0 Å². The van der Waals surface area contributed by atoms with Crippen LogP contribution in [0.15, 0.2) is 72.1 Å². The Morgan fingerprint density at radius 3 is 2.14 bits per heavy atom. The molecule has 0 saturated carbocycles. The molecule has 4 aromatic rings. The minimum Gasteiger partial charge on any atom is -0.454 e. The van der Waals surface area contributed by atoms with Gasteiger partial charge in [0.25, 0.3) is 5.91 Å². The van der Waals surface area contributed by atoms with E-state index < -0.39 is 0 Å². The van der Waals surface area contributed by atoms with Gasteiger partial charge in [0.2, 0.25) is 6.79 Å². The molecule has 6 nitrogen and oxygen atoms in total. The fourth-order valence-corrected chi connectivity index (χ4v) is 4.68. The maximum absolute atomic E-state index is 13.4. The summed E-state index contributed by atoms with van der Waals surface area (Å²) in [7, 11) is 0. The number of amides is 1. The van der Waals surface area contributed by atoms with Gasteiger partial charge in [-0.2, -0.15) is 0 Å². The third-order valence-electron chi connectivity index (χ3n) is 5.67. The first-order valence-corrected chi connectivity index (χ1v) is 12.2. The van der Waals surface area contributed by atoms with Crippen molar-refractivity contribution in [3.63, 3.8) is 0 Å². The maximum Gasteiger partial charge on any atom is 0.271 e. The van der Waals surface area contributed by atoms with Crippen molar-refractivity contribution >= 4 is 17.2 Å². The molecule has 1 amide bonds. The first-order valence-electron chi connectivity index (χ1n) is 11.3. The summed E-state index contributed by atoms with van der Waals surface area (Å²) in [5, 5.41) is 5.39. The highest BCUT2D eigenvalue weighted by Crippen LogP contribution is 2.32. The molecule has 1 aliphatic heterocycles. The molecule has 0 atom stereocenters. The SMILES string of the molecule is O=C(NCc1ccc2c(c1)OCO2)c1csc(CN(Cc2ccc(F)cc2)Cc2ccc(F)cc2)n1. The predicted octanol–water partition coefficient (Wildman–Crippen LogP) is 5.28. The van der Waals surface area contributed by atoms with Crippen molar-refractivity contribution in [1.82, 2.24) is 15.2 Å². The Hall–Kier alpha value is -3.82. The largest absolute Gasteiger partial charge is 0.454 e. The number of hydrogen-bond donors (Lipinski definition) is 1. The molecule has 0 spiro atoms. The summed E-state index contributed by atoms with van der Waals surface area (Å²) >= 11 is 1.40. The Bertz CT molecular complexity index is 1300. The number of carbonyl (C=O) groups excluding carboxylic acids is 1. The molecule has 0 unspecified atom stereocenters. The van der Waals surface area contributed by atoms with Gasteiger partial charge in [-0.05, 0) is 53.1 Å². The van der Waals surface area contributed by atoms with Crippen molar-refractivity contribution in [2.45, 2.75) is 26.2 Å². The minimum atomic E-state index is -0.292. The molecule has 0 radical (unpaired) electrons. The van der Waals surface area contributed by atoms with Crippen LogP contribution in [0.5, 0.6) is 11.5 Å². The molecule has 0 saturated heterocycles. The smallest absolute Gasteiger partial charge is 0.271 e. The second kappa shape index (κ2) is 10.8. The van der Waals surface area contributed by atoms with Crippen molar-refractivity contribution in [3.8, 4) is 11.5 Å². The lowest BCUT2D eigenvalue weighted by atomic mass is 10.1. The number of nitrogens with zero attached hydrogens (tertiary/aromatic N) is 2. The number of halogens is 2. The number of ether oxygens (including phenoxy) is 2. The van der Waals surface area contributed by atoms with Crippen LogP contribution in [-0.4, -0.2) is 22.6 Å². The molecular formula is C27H23F2N3O3S. The van der Waals surface area contributed by atoms with E-state index in [1.54, 1.807) is 29.6 Å². The number of hydrogen-bond acceptors (Lipinski definition) is 6. The molecule has 1 N–H and O–H groups in total. The van der Waals surface area contributed by atoms with E-state index >= 15 is 0 Å². The summed E-state index contributed by atoms with van der Waals surface area (Å²) in [6.45, 7) is 2.11. The molecule has 184 valence electrons. The average molecular weight is 508 g/mol. The Morgan fingerprint density at radius 1 is 0.861 bits per heavy atom. The van der Waals surface area contributed by atoms with Crippen LogP contribution in [0.25, 0.3) is 0 Å². The molecule has 1 aromatic heterocycles. The molecule has 1 aliphatic rings. The van der Waals surface area contributed by atoms with Crippen molar-refractivity contribution in [2.24, 2.45) is 0 Å². The van der Waals surface area contributed by atoms with Crippen molar-refractivity contribution in [3.05, 3.63) is 111 Å². The molecule has 0 aliphatic carbocycles. The highest BCUT2D eigenvalue weighted by Gasteiger charge is 2.16. The normalized spacial score (nSPS) is 12.2. The van der Waals surface area contributed by atoms with E-state index in [1.165, 1.54) is 35.6 Å². The number of nitrogens with one attached hydrogen (secondary N) is 1. The van der Waals surface area contributed by atoms with E-state index in [9.17, 15) is 13.6 Å². The van der Waals surface area contributed by atoms with Crippen LogP contribution in [0.4, 0.5) is 8.78 Å². The zero-order valence-corrected chi connectivity index (χ0v) is 20.1. The van der Waals surface area contributed by atoms with E-state index in [0.29, 0.717) is 43.4 Å². The fourth-order valence-electron chi connectivity index (χ4n) is 3.87. The molecule has 3 aromatic carbocycles. The van der Waals surface area contributed by atoms with Crippen LogP contribution in [0.3, 0.4) is 0 Å². The van der Waals surface area contributed by atoms with E-state index in [4.69, 9.17) is 9.47 Å². The Labute approximate surface area is 211 Å². The zero-order valence-electron chi connectivity index (χ0n) is 19.2. The third kappa shape index (κ3) is 6.05. The minimum absolute atomic E-state index is 0.200. The van der Waals surface area contributed by atoms with E-state index in [1.807, 2.05) is 18.2 Å². The number of carbonyl (C=O) groups is 1. The summed E-state index contributed by atoms with van der Waals surface area (Å²) in [6, 6.07) is 18.2. The highest BCUT2D eigenvalue weighted by molar-refractivity contribution is 7.09. The Kier molecular flexibility index (Phi) is 7.20. The predicted molar refractivity (Wildman–Crippen MR) is 132 cm³/mol. The van der Waals surface area contributed by atoms with Gasteiger partial charge in [0, 0.05) is 25.0 Å². The lowest BCUT2D eigenvalue weighted by Gasteiger charge is -2.21. The maximum atomic E-state index is 13.4. The number of benzene rings is 3. The van der Waals surface area contributed by atoms with Gasteiger partial charge in [0.15, 0.2) is 11.5 Å². The van der Waals surface area contributed by atoms with Gasteiger partial charge in [0.05, 0.1) is 6.54 Å². The summed E-state index contributed by atoms with van der Waals surface area (Å²) in [6.07, 6.45) is 0. The summed E-state index contributed by atoms with van der Waals surface area (Å²) in [4.78, 5) is 19.3. The lowest BCUT2D eigenvalue weighted by molar-refractivity contribution is 0.0946. The molecule has 0 fully saturated rings. The third-order valence-corrected chi connectivity index (χ3v) is 6.51. The van der Waals surface area contributed by atoms with Crippen LogP contribution in [0, 0.1) is 11.6 Å². The van der Waals surface area contributed by atoms with Gasteiger partial charge < -0.3 is 14.8 Å². The fraction of sp³-hybridized carbons (Fsp3) is 0.185. The van der Waals surface area contributed by atoms with Crippen molar-refractivity contribution < 1.29 is 23.0 Å². The first-order chi connectivity index (χ1) is 17.5. The number of aromatic nitrogens is 1. The van der Waals surface area contributed by atoms with E-state index in [2.05, 4.69) is 15.2 Å². The average Bonchev–Trinajstić information content (AvgIpc) is 3.54.